The number of fused-ring (bicyclic) bond motifs is 1. The van der Waals surface area contributed by atoms with Crippen LogP contribution in [0.4, 0.5) is 5.95 Å². The molecule has 1 saturated carbocycles. The topological polar surface area (TPSA) is 84.7 Å². The highest BCUT2D eigenvalue weighted by molar-refractivity contribution is 5.72. The summed E-state index contributed by atoms with van der Waals surface area (Å²) in [4.78, 5) is 31.1. The van der Waals surface area contributed by atoms with E-state index in [4.69, 9.17) is 0 Å². The monoisotopic (exact) mass is 263 g/mol. The summed E-state index contributed by atoms with van der Waals surface area (Å²) < 4.78 is 2.46. The van der Waals surface area contributed by atoms with Crippen LogP contribution in [0.2, 0.25) is 0 Å². The highest BCUT2D eigenvalue weighted by Gasteiger charge is 2.26. The van der Waals surface area contributed by atoms with E-state index in [2.05, 4.69) is 22.2 Å². The molecule has 2 aromatic heterocycles. The number of aromatic nitrogens is 4. The first-order chi connectivity index (χ1) is 8.97. The predicted molar refractivity (Wildman–Crippen MR) is 72.4 cm³/mol. The van der Waals surface area contributed by atoms with E-state index in [9.17, 15) is 9.59 Å². The predicted octanol–water partition coefficient (Wildman–Crippen LogP) is 0.171. The average molecular weight is 263 g/mol. The van der Waals surface area contributed by atoms with Crippen molar-refractivity contribution < 1.29 is 0 Å². The van der Waals surface area contributed by atoms with Crippen LogP contribution in [0.15, 0.2) is 9.59 Å². The van der Waals surface area contributed by atoms with Crippen LogP contribution in [-0.2, 0) is 14.1 Å². The number of aromatic amines is 1. The van der Waals surface area contributed by atoms with E-state index in [0.717, 1.165) is 23.3 Å². The van der Waals surface area contributed by atoms with Gasteiger partial charge in [0.25, 0.3) is 5.56 Å². The summed E-state index contributed by atoms with van der Waals surface area (Å²) in [6, 6.07) is 0.399. The largest absolute Gasteiger partial charge is 0.353 e. The van der Waals surface area contributed by atoms with E-state index < -0.39 is 0 Å². The summed E-state index contributed by atoms with van der Waals surface area (Å²) in [7, 11) is 3.08. The molecule has 2 aromatic rings. The minimum Gasteiger partial charge on any atom is -0.353 e. The van der Waals surface area contributed by atoms with Gasteiger partial charge in [0.2, 0.25) is 5.95 Å². The highest BCUT2D eigenvalue weighted by Crippen LogP contribution is 2.28. The molecule has 102 valence electrons. The third kappa shape index (κ3) is 1.76. The molecule has 7 heteroatoms. The summed E-state index contributed by atoms with van der Waals surface area (Å²) in [6.07, 6.45) is 2.21. The molecular formula is C12H17N5O2. The second-order valence-corrected chi connectivity index (χ2v) is 5.41. The molecule has 0 radical (unpaired) electrons. The Morgan fingerprint density at radius 1 is 1.26 bits per heavy atom. The van der Waals surface area contributed by atoms with Crippen LogP contribution in [0.5, 0.6) is 0 Å². The SMILES string of the molecule is CC1CC(Nc2nc3c([nH]2)c(=O)n(C)c(=O)n3C)C1. The van der Waals surface area contributed by atoms with Crippen molar-refractivity contribution in [2.75, 3.05) is 5.32 Å². The third-order valence-corrected chi connectivity index (χ3v) is 3.81. The van der Waals surface area contributed by atoms with E-state index in [-0.39, 0.29) is 11.2 Å². The van der Waals surface area contributed by atoms with Crippen LogP contribution in [-0.4, -0.2) is 25.1 Å². The molecule has 0 amide bonds. The number of hydrogen-bond donors (Lipinski definition) is 2. The minimum atomic E-state index is -0.368. The standard InChI is InChI=1S/C12H17N5O2/c1-6-4-7(5-6)13-11-14-8-9(15-11)16(2)12(19)17(3)10(8)18/h6-7H,4-5H2,1-3H3,(H2,13,14,15). The molecule has 0 spiro atoms. The van der Waals surface area contributed by atoms with Gasteiger partial charge in [-0.3, -0.25) is 13.9 Å². The highest BCUT2D eigenvalue weighted by atomic mass is 16.2. The minimum absolute atomic E-state index is 0.347. The first kappa shape index (κ1) is 12.0. The number of aryl methyl sites for hydroxylation is 1. The molecule has 19 heavy (non-hydrogen) atoms. The van der Waals surface area contributed by atoms with Gasteiger partial charge >= 0.3 is 5.69 Å². The second kappa shape index (κ2) is 3.97. The molecule has 2 heterocycles. The molecular weight excluding hydrogens is 246 g/mol. The number of H-pyrrole nitrogens is 1. The van der Waals surface area contributed by atoms with Gasteiger partial charge in [0.1, 0.15) is 0 Å². The maximum absolute atomic E-state index is 12.0. The van der Waals surface area contributed by atoms with Crippen molar-refractivity contribution in [3.05, 3.63) is 20.8 Å². The van der Waals surface area contributed by atoms with Gasteiger partial charge in [-0.05, 0) is 18.8 Å². The van der Waals surface area contributed by atoms with Crippen LogP contribution in [0.3, 0.4) is 0 Å². The zero-order chi connectivity index (χ0) is 13.7. The van der Waals surface area contributed by atoms with E-state index >= 15 is 0 Å². The first-order valence-corrected chi connectivity index (χ1v) is 6.39. The molecule has 0 aliphatic heterocycles. The fraction of sp³-hybridized carbons (Fsp3) is 0.583. The Morgan fingerprint density at radius 2 is 1.95 bits per heavy atom. The Hall–Kier alpha value is -2.05. The van der Waals surface area contributed by atoms with Crippen LogP contribution < -0.4 is 16.6 Å². The number of rotatable bonds is 2. The van der Waals surface area contributed by atoms with Crippen LogP contribution in [0, 0.1) is 5.92 Å². The first-order valence-electron chi connectivity index (χ1n) is 6.39. The molecule has 0 atom stereocenters. The molecule has 2 N–H and O–H groups in total. The van der Waals surface area contributed by atoms with E-state index in [1.165, 1.54) is 11.6 Å². The van der Waals surface area contributed by atoms with Crippen LogP contribution in [0.25, 0.3) is 11.2 Å². The quantitative estimate of drug-likeness (QED) is 0.809. The third-order valence-electron chi connectivity index (χ3n) is 3.81. The van der Waals surface area contributed by atoms with Crippen molar-refractivity contribution in [2.45, 2.75) is 25.8 Å². The zero-order valence-electron chi connectivity index (χ0n) is 11.2. The lowest BCUT2D eigenvalue weighted by atomic mass is 9.82. The molecule has 0 aromatic carbocycles. The summed E-state index contributed by atoms with van der Waals surface area (Å²) in [5.74, 6) is 1.30. The maximum Gasteiger partial charge on any atom is 0.332 e. The lowest BCUT2D eigenvalue weighted by Gasteiger charge is -2.32. The van der Waals surface area contributed by atoms with E-state index in [1.54, 1.807) is 7.05 Å². The maximum atomic E-state index is 12.0. The Bertz CT molecular complexity index is 748. The van der Waals surface area contributed by atoms with Gasteiger partial charge in [-0.2, -0.15) is 4.98 Å². The summed E-state index contributed by atoms with van der Waals surface area (Å²) in [5, 5.41) is 3.26. The van der Waals surface area contributed by atoms with Crippen molar-refractivity contribution in [3.8, 4) is 0 Å². The summed E-state index contributed by atoms with van der Waals surface area (Å²) >= 11 is 0. The van der Waals surface area contributed by atoms with Gasteiger partial charge in [0.05, 0.1) is 0 Å². The van der Waals surface area contributed by atoms with E-state index in [1.807, 2.05) is 0 Å². The fourth-order valence-corrected chi connectivity index (χ4v) is 2.61. The molecule has 1 fully saturated rings. The summed E-state index contributed by atoms with van der Waals surface area (Å²) in [6.45, 7) is 2.20. The Balaban J connectivity index is 2.06. The van der Waals surface area contributed by atoms with Gasteiger partial charge in [-0.1, -0.05) is 6.92 Å². The van der Waals surface area contributed by atoms with Crippen molar-refractivity contribution in [1.82, 2.24) is 19.1 Å². The van der Waals surface area contributed by atoms with Gasteiger partial charge in [0, 0.05) is 20.1 Å². The molecule has 7 nitrogen and oxygen atoms in total. The zero-order valence-corrected chi connectivity index (χ0v) is 11.2. The molecule has 3 rings (SSSR count). The Kier molecular flexibility index (Phi) is 2.51. The van der Waals surface area contributed by atoms with Gasteiger partial charge in [-0.15, -0.1) is 0 Å². The molecule has 0 unspecified atom stereocenters. The number of anilines is 1. The molecule has 1 aliphatic rings. The second-order valence-electron chi connectivity index (χ2n) is 5.41. The average Bonchev–Trinajstić information content (AvgIpc) is 2.76. The van der Waals surface area contributed by atoms with Gasteiger partial charge in [-0.25, -0.2) is 4.79 Å². The Morgan fingerprint density at radius 3 is 2.58 bits per heavy atom. The van der Waals surface area contributed by atoms with Crippen molar-refractivity contribution >= 4 is 17.1 Å². The smallest absolute Gasteiger partial charge is 0.332 e. The number of imidazole rings is 1. The molecule has 0 bridgehead atoms. The molecule has 0 saturated heterocycles. The fourth-order valence-electron chi connectivity index (χ4n) is 2.61. The number of nitrogens with zero attached hydrogens (tertiary/aromatic N) is 3. The number of hydrogen-bond acceptors (Lipinski definition) is 4. The van der Waals surface area contributed by atoms with Gasteiger partial charge < -0.3 is 10.3 Å². The van der Waals surface area contributed by atoms with Crippen molar-refractivity contribution in [3.63, 3.8) is 0 Å². The van der Waals surface area contributed by atoms with Crippen molar-refractivity contribution in [1.29, 1.82) is 0 Å². The summed E-state index contributed by atoms with van der Waals surface area (Å²) in [5.41, 5.74) is 0.0379. The Labute approximate surface area is 109 Å². The lowest BCUT2D eigenvalue weighted by Crippen LogP contribution is -2.36. The van der Waals surface area contributed by atoms with E-state index in [0.29, 0.717) is 23.2 Å². The van der Waals surface area contributed by atoms with Crippen molar-refractivity contribution in [2.24, 2.45) is 20.0 Å². The van der Waals surface area contributed by atoms with Crippen LogP contribution in [0.1, 0.15) is 19.8 Å². The normalized spacial score (nSPS) is 22.5. The van der Waals surface area contributed by atoms with Gasteiger partial charge in [0.15, 0.2) is 11.2 Å². The number of nitrogens with one attached hydrogen (secondary N) is 2. The van der Waals surface area contributed by atoms with Crippen LogP contribution >= 0.6 is 0 Å². The lowest BCUT2D eigenvalue weighted by molar-refractivity contribution is 0.308. The molecule has 1 aliphatic carbocycles.